The highest BCUT2D eigenvalue weighted by molar-refractivity contribution is 6.12. The maximum absolute atomic E-state index is 13.0. The molecule has 0 unspecified atom stereocenters. The fourth-order valence-corrected chi connectivity index (χ4v) is 4.60. The van der Waals surface area contributed by atoms with E-state index >= 15 is 0 Å². The molecule has 0 aliphatic carbocycles. The molecule has 3 N–H and O–H groups in total. The van der Waals surface area contributed by atoms with Gasteiger partial charge < -0.3 is 25.6 Å². The number of hydrogen-bond acceptors (Lipinski definition) is 7. The van der Waals surface area contributed by atoms with E-state index < -0.39 is 4.92 Å². The molecule has 1 aliphatic rings. The van der Waals surface area contributed by atoms with Gasteiger partial charge in [-0.3, -0.25) is 19.7 Å². The van der Waals surface area contributed by atoms with Crippen LogP contribution in [0.5, 0.6) is 5.75 Å². The molecule has 1 aliphatic heterocycles. The summed E-state index contributed by atoms with van der Waals surface area (Å²) in [7, 11) is 1.39. The number of nitro benzene ring substituents is 1. The molecule has 10 heteroatoms. The van der Waals surface area contributed by atoms with E-state index in [9.17, 15) is 19.7 Å². The Kier molecular flexibility index (Phi) is 8.77. The molecule has 0 bridgehead atoms. The molecular weight excluding hydrogens is 498 g/mol. The van der Waals surface area contributed by atoms with Crippen molar-refractivity contribution in [1.82, 2.24) is 10.2 Å². The molecule has 3 aromatic rings. The van der Waals surface area contributed by atoms with Crippen LogP contribution in [-0.4, -0.2) is 54.9 Å². The highest BCUT2D eigenvalue weighted by Crippen LogP contribution is 2.37. The zero-order valence-corrected chi connectivity index (χ0v) is 22.4. The van der Waals surface area contributed by atoms with Gasteiger partial charge in [-0.1, -0.05) is 26.0 Å². The van der Waals surface area contributed by atoms with Crippen molar-refractivity contribution in [3.63, 3.8) is 0 Å². The van der Waals surface area contributed by atoms with Gasteiger partial charge in [0.15, 0.2) is 5.75 Å². The summed E-state index contributed by atoms with van der Waals surface area (Å²) in [4.78, 5) is 38.6. The minimum absolute atomic E-state index is 0.0612. The molecule has 3 aromatic carbocycles. The third-order valence-corrected chi connectivity index (χ3v) is 6.81. The van der Waals surface area contributed by atoms with E-state index in [1.54, 1.807) is 24.3 Å². The van der Waals surface area contributed by atoms with Crippen molar-refractivity contribution in [2.45, 2.75) is 26.7 Å². The predicted octanol–water partition coefficient (Wildman–Crippen LogP) is 4.97. The number of nitro groups is 1. The van der Waals surface area contributed by atoms with Crippen LogP contribution in [0.25, 0.3) is 11.1 Å². The first kappa shape index (κ1) is 27.6. The lowest BCUT2D eigenvalue weighted by Crippen LogP contribution is -2.30. The third-order valence-electron chi connectivity index (χ3n) is 6.81. The normalized spacial score (nSPS) is 12.1. The summed E-state index contributed by atoms with van der Waals surface area (Å²) < 4.78 is 5.20. The lowest BCUT2D eigenvalue weighted by Gasteiger charge is -2.17. The maximum atomic E-state index is 13.0. The highest BCUT2D eigenvalue weighted by atomic mass is 16.6. The fraction of sp³-hybridized carbons (Fsp3) is 0.310. The summed E-state index contributed by atoms with van der Waals surface area (Å²) in [5.41, 5.74) is 4.49. The predicted molar refractivity (Wildman–Crippen MR) is 152 cm³/mol. The number of fused-ring (bicyclic) bond motifs is 2. The first-order chi connectivity index (χ1) is 18.8. The molecule has 10 nitrogen and oxygen atoms in total. The Morgan fingerprint density at radius 2 is 1.72 bits per heavy atom. The number of ether oxygens (including phenoxy) is 1. The molecule has 204 valence electrons. The summed E-state index contributed by atoms with van der Waals surface area (Å²) in [5, 5.41) is 20.5. The second kappa shape index (κ2) is 12.4. The van der Waals surface area contributed by atoms with Crippen molar-refractivity contribution in [1.29, 1.82) is 0 Å². The van der Waals surface area contributed by atoms with Crippen LogP contribution in [0.3, 0.4) is 0 Å². The number of nitrogens with one attached hydrogen (secondary N) is 3. The Labute approximate surface area is 227 Å². The molecular formula is C29H33N5O5. The zero-order valence-electron chi connectivity index (χ0n) is 22.4. The van der Waals surface area contributed by atoms with Crippen molar-refractivity contribution in [3.05, 3.63) is 75.8 Å². The van der Waals surface area contributed by atoms with Crippen LogP contribution in [0, 0.1) is 10.1 Å². The topological polar surface area (TPSA) is 126 Å². The number of anilines is 3. The third kappa shape index (κ3) is 6.53. The molecule has 2 amide bonds. The Hall–Kier alpha value is -4.44. The molecule has 1 heterocycles. The van der Waals surface area contributed by atoms with E-state index in [1.165, 1.54) is 13.2 Å². The van der Waals surface area contributed by atoms with E-state index in [0.29, 0.717) is 34.7 Å². The lowest BCUT2D eigenvalue weighted by atomic mass is 10.0. The molecule has 0 fully saturated rings. The number of benzene rings is 3. The van der Waals surface area contributed by atoms with Gasteiger partial charge in [0.1, 0.15) is 0 Å². The standard InChI is InChI=1S/C29H33N5O5/c1-4-33(5-2)14-6-13-30-28(35)16-19-7-11-23-25(15-19)32-29(36)22-10-8-20(17-24(22)31-23)21-9-12-26(34(37)38)27(18-21)39-3/h7-12,15,17-18,31H,4-6,13-14,16H2,1-3H3,(H,30,35)(H,32,36). The van der Waals surface area contributed by atoms with Crippen LogP contribution < -0.4 is 20.7 Å². The van der Waals surface area contributed by atoms with Gasteiger partial charge in [0.05, 0.1) is 41.1 Å². The molecule has 0 saturated carbocycles. The van der Waals surface area contributed by atoms with Gasteiger partial charge in [0.25, 0.3) is 5.91 Å². The second-order valence-electron chi connectivity index (χ2n) is 9.27. The van der Waals surface area contributed by atoms with Gasteiger partial charge in [-0.05, 0) is 79.1 Å². The summed E-state index contributed by atoms with van der Waals surface area (Å²) in [5.74, 6) is -0.181. The van der Waals surface area contributed by atoms with Crippen molar-refractivity contribution < 1.29 is 19.2 Å². The summed E-state index contributed by atoms with van der Waals surface area (Å²) >= 11 is 0. The second-order valence-corrected chi connectivity index (χ2v) is 9.27. The average molecular weight is 532 g/mol. The molecule has 0 spiro atoms. The molecule has 0 aromatic heterocycles. The number of rotatable bonds is 11. The van der Waals surface area contributed by atoms with E-state index in [2.05, 4.69) is 34.7 Å². The number of carbonyl (C=O) groups excluding carboxylic acids is 2. The number of hydrogen-bond donors (Lipinski definition) is 3. The summed E-state index contributed by atoms with van der Waals surface area (Å²) in [6, 6.07) is 15.5. The number of methoxy groups -OCH3 is 1. The van der Waals surface area contributed by atoms with Gasteiger partial charge in [0, 0.05) is 12.6 Å². The lowest BCUT2D eigenvalue weighted by molar-refractivity contribution is -0.385. The summed E-state index contributed by atoms with van der Waals surface area (Å²) in [6.45, 7) is 7.82. The molecule has 0 atom stereocenters. The number of nitrogens with zero attached hydrogens (tertiary/aromatic N) is 2. The Bertz CT molecular complexity index is 1390. The van der Waals surface area contributed by atoms with Crippen molar-refractivity contribution >= 4 is 34.6 Å². The minimum Gasteiger partial charge on any atom is -0.490 e. The van der Waals surface area contributed by atoms with Gasteiger partial charge in [-0.15, -0.1) is 0 Å². The van der Waals surface area contributed by atoms with Crippen LogP contribution in [0.2, 0.25) is 0 Å². The van der Waals surface area contributed by atoms with Gasteiger partial charge in [-0.25, -0.2) is 0 Å². The minimum atomic E-state index is -0.492. The van der Waals surface area contributed by atoms with Crippen LogP contribution in [0.4, 0.5) is 22.7 Å². The number of amides is 2. The smallest absolute Gasteiger partial charge is 0.310 e. The number of carbonyl (C=O) groups is 2. The van der Waals surface area contributed by atoms with Crippen LogP contribution in [-0.2, 0) is 11.2 Å². The van der Waals surface area contributed by atoms with Crippen molar-refractivity contribution in [3.8, 4) is 16.9 Å². The van der Waals surface area contributed by atoms with Gasteiger partial charge in [0.2, 0.25) is 5.91 Å². The highest BCUT2D eigenvalue weighted by Gasteiger charge is 2.21. The molecule has 0 radical (unpaired) electrons. The Morgan fingerprint density at radius 1 is 0.974 bits per heavy atom. The maximum Gasteiger partial charge on any atom is 0.310 e. The average Bonchev–Trinajstić information content (AvgIpc) is 3.07. The van der Waals surface area contributed by atoms with Gasteiger partial charge >= 0.3 is 5.69 Å². The molecule has 0 saturated heterocycles. The Morgan fingerprint density at radius 3 is 2.44 bits per heavy atom. The zero-order chi connectivity index (χ0) is 27.9. The largest absolute Gasteiger partial charge is 0.490 e. The Balaban J connectivity index is 1.48. The van der Waals surface area contributed by atoms with Crippen molar-refractivity contribution in [2.24, 2.45) is 0 Å². The summed E-state index contributed by atoms with van der Waals surface area (Å²) in [6.07, 6.45) is 1.11. The van der Waals surface area contributed by atoms with Gasteiger partial charge in [-0.2, -0.15) is 0 Å². The first-order valence-electron chi connectivity index (χ1n) is 13.0. The quantitative estimate of drug-likeness (QED) is 0.181. The molecule has 39 heavy (non-hydrogen) atoms. The molecule has 4 rings (SSSR count). The van der Waals surface area contributed by atoms with Crippen molar-refractivity contribution in [2.75, 3.05) is 43.9 Å². The van der Waals surface area contributed by atoms with Crippen LogP contribution in [0.15, 0.2) is 54.6 Å². The van der Waals surface area contributed by atoms with E-state index in [0.717, 1.165) is 37.2 Å². The van der Waals surface area contributed by atoms with E-state index in [1.807, 2.05) is 24.3 Å². The van der Waals surface area contributed by atoms with Crippen LogP contribution in [0.1, 0.15) is 36.2 Å². The SMILES string of the molecule is CCN(CC)CCCNC(=O)Cc1ccc2c(c1)NC(=O)c1ccc(-c3ccc([N+](=O)[O-])c(OC)c3)cc1N2. The van der Waals surface area contributed by atoms with E-state index in [4.69, 9.17) is 4.74 Å². The fourth-order valence-electron chi connectivity index (χ4n) is 4.60. The monoisotopic (exact) mass is 531 g/mol. The van der Waals surface area contributed by atoms with Crippen LogP contribution >= 0.6 is 0 Å². The van der Waals surface area contributed by atoms with E-state index in [-0.39, 0.29) is 29.7 Å². The first-order valence-corrected chi connectivity index (χ1v) is 13.0.